The van der Waals surface area contributed by atoms with Crippen LogP contribution in [0.5, 0.6) is 5.75 Å². The first-order chi connectivity index (χ1) is 10.0. The molecule has 0 fully saturated rings. The summed E-state index contributed by atoms with van der Waals surface area (Å²) in [6.45, 7) is 0.188. The summed E-state index contributed by atoms with van der Waals surface area (Å²) in [4.78, 5) is 14.5. The number of hydrogen-bond donors (Lipinski definition) is 1. The normalized spacial score (nSPS) is 12.2. The zero-order valence-corrected chi connectivity index (χ0v) is 11.0. The van der Waals surface area contributed by atoms with Crippen LogP contribution in [0.3, 0.4) is 0 Å². The molecular weight excluding hydrogens is 322 g/mol. The van der Waals surface area contributed by atoms with Crippen LogP contribution in [0.25, 0.3) is 0 Å². The van der Waals surface area contributed by atoms with Gasteiger partial charge in [-0.25, -0.2) is 4.79 Å². The van der Waals surface area contributed by atoms with E-state index in [9.17, 15) is 31.1 Å². The van der Waals surface area contributed by atoms with Gasteiger partial charge in [-0.2, -0.15) is 13.2 Å². The Morgan fingerprint density at radius 1 is 1.27 bits per heavy atom. The number of rotatable bonds is 4. The van der Waals surface area contributed by atoms with E-state index in [0.717, 1.165) is 0 Å². The SMILES string of the molecule is CCOC(=O)c1cnc(C(F)(F)F)c(CN)c1OC(F)(F)F. The van der Waals surface area contributed by atoms with Crippen LogP contribution in [0.2, 0.25) is 0 Å². The Labute approximate surface area is 120 Å². The third kappa shape index (κ3) is 4.23. The summed E-state index contributed by atoms with van der Waals surface area (Å²) in [5, 5.41) is 0. The molecule has 1 aromatic heterocycles. The number of carbonyl (C=O) groups excluding carboxylic acids is 1. The molecule has 1 rings (SSSR count). The molecule has 22 heavy (non-hydrogen) atoms. The van der Waals surface area contributed by atoms with Crippen molar-refractivity contribution in [1.82, 2.24) is 4.98 Å². The molecule has 0 aromatic carbocycles. The Bertz CT molecular complexity index is 556. The Hall–Kier alpha value is -2.04. The standard InChI is InChI=1S/C11H10F6N2O3/c1-2-21-9(20)6-4-19-8(10(12,13)14)5(3-18)7(6)22-11(15,16)17/h4H,2-3,18H2,1H3. The summed E-state index contributed by atoms with van der Waals surface area (Å²) in [5.74, 6) is -2.67. The average molecular weight is 332 g/mol. The van der Waals surface area contributed by atoms with Crippen molar-refractivity contribution >= 4 is 5.97 Å². The second-order valence-electron chi connectivity index (χ2n) is 3.80. The van der Waals surface area contributed by atoms with E-state index >= 15 is 0 Å². The highest BCUT2D eigenvalue weighted by Gasteiger charge is 2.41. The third-order valence-electron chi connectivity index (χ3n) is 2.31. The molecule has 0 atom stereocenters. The fourth-order valence-corrected chi connectivity index (χ4v) is 1.56. The van der Waals surface area contributed by atoms with Crippen LogP contribution in [0.1, 0.15) is 28.5 Å². The van der Waals surface area contributed by atoms with Crippen molar-refractivity contribution in [2.45, 2.75) is 26.0 Å². The van der Waals surface area contributed by atoms with E-state index < -0.39 is 47.6 Å². The van der Waals surface area contributed by atoms with Gasteiger partial charge in [0.15, 0.2) is 11.4 Å². The Morgan fingerprint density at radius 2 is 1.86 bits per heavy atom. The van der Waals surface area contributed by atoms with Crippen molar-refractivity contribution in [2.75, 3.05) is 6.61 Å². The molecule has 0 spiro atoms. The second-order valence-corrected chi connectivity index (χ2v) is 3.80. The molecule has 0 bridgehead atoms. The number of hydrogen-bond acceptors (Lipinski definition) is 5. The molecule has 11 heteroatoms. The fraction of sp³-hybridized carbons (Fsp3) is 0.455. The van der Waals surface area contributed by atoms with Gasteiger partial charge < -0.3 is 15.2 Å². The zero-order chi connectivity index (χ0) is 17.1. The number of nitrogens with two attached hydrogens (primary N) is 1. The molecule has 0 radical (unpaired) electrons. The number of esters is 1. The minimum absolute atomic E-state index is 0.205. The molecule has 5 nitrogen and oxygen atoms in total. The van der Waals surface area contributed by atoms with E-state index in [1.54, 1.807) is 0 Å². The van der Waals surface area contributed by atoms with Crippen LogP contribution in [0, 0.1) is 0 Å². The maximum atomic E-state index is 12.8. The molecular formula is C11H10F6N2O3. The van der Waals surface area contributed by atoms with Crippen LogP contribution in [0.4, 0.5) is 26.3 Å². The molecule has 0 aliphatic carbocycles. The van der Waals surface area contributed by atoms with Crippen molar-refractivity contribution in [2.24, 2.45) is 5.73 Å². The Morgan fingerprint density at radius 3 is 2.27 bits per heavy atom. The molecule has 2 N–H and O–H groups in total. The van der Waals surface area contributed by atoms with Gasteiger partial charge in [0.1, 0.15) is 5.56 Å². The van der Waals surface area contributed by atoms with Crippen LogP contribution in [-0.2, 0) is 17.5 Å². The summed E-state index contributed by atoms with van der Waals surface area (Å²) in [7, 11) is 0. The van der Waals surface area contributed by atoms with Gasteiger partial charge in [0.25, 0.3) is 0 Å². The molecule has 0 saturated heterocycles. The number of alkyl halides is 6. The monoisotopic (exact) mass is 332 g/mol. The van der Waals surface area contributed by atoms with Crippen molar-refractivity contribution in [3.63, 3.8) is 0 Å². The first-order valence-electron chi connectivity index (χ1n) is 5.73. The Balaban J connectivity index is 3.56. The highest BCUT2D eigenvalue weighted by Crippen LogP contribution is 2.38. The largest absolute Gasteiger partial charge is 0.573 e. The van der Waals surface area contributed by atoms with Crippen LogP contribution >= 0.6 is 0 Å². The lowest BCUT2D eigenvalue weighted by molar-refractivity contribution is -0.275. The quantitative estimate of drug-likeness (QED) is 0.678. The third-order valence-corrected chi connectivity index (χ3v) is 2.31. The van der Waals surface area contributed by atoms with Gasteiger partial charge in [-0.15, -0.1) is 13.2 Å². The highest BCUT2D eigenvalue weighted by atomic mass is 19.4. The zero-order valence-electron chi connectivity index (χ0n) is 11.0. The summed E-state index contributed by atoms with van der Waals surface area (Å²) >= 11 is 0. The number of ether oxygens (including phenoxy) is 2. The van der Waals surface area contributed by atoms with E-state index in [0.29, 0.717) is 6.20 Å². The van der Waals surface area contributed by atoms with Crippen molar-refractivity contribution in [3.8, 4) is 5.75 Å². The lowest BCUT2D eigenvalue weighted by Gasteiger charge is -2.19. The number of carbonyl (C=O) groups is 1. The highest BCUT2D eigenvalue weighted by molar-refractivity contribution is 5.92. The first kappa shape index (κ1) is 18.0. The molecule has 0 aliphatic heterocycles. The summed E-state index contributed by atoms with van der Waals surface area (Å²) in [5.41, 5.74) is 1.42. The molecule has 1 heterocycles. The number of nitrogens with zero attached hydrogens (tertiary/aromatic N) is 1. The average Bonchev–Trinajstić information content (AvgIpc) is 2.35. The number of aromatic nitrogens is 1. The predicted octanol–water partition coefficient (Wildman–Crippen LogP) is 2.63. The smallest absolute Gasteiger partial charge is 0.462 e. The molecule has 0 amide bonds. The minimum Gasteiger partial charge on any atom is -0.462 e. The maximum Gasteiger partial charge on any atom is 0.573 e. The molecule has 124 valence electrons. The van der Waals surface area contributed by atoms with E-state index in [1.807, 2.05) is 0 Å². The fourth-order valence-electron chi connectivity index (χ4n) is 1.56. The molecule has 0 unspecified atom stereocenters. The summed E-state index contributed by atoms with van der Waals surface area (Å²) in [6, 6.07) is 0. The van der Waals surface area contributed by atoms with E-state index in [1.165, 1.54) is 6.92 Å². The molecule has 0 saturated carbocycles. The van der Waals surface area contributed by atoms with Crippen molar-refractivity contribution < 1.29 is 40.6 Å². The number of pyridine rings is 1. The van der Waals surface area contributed by atoms with Crippen molar-refractivity contribution in [1.29, 1.82) is 0 Å². The number of halogens is 6. The lowest BCUT2D eigenvalue weighted by Crippen LogP contribution is -2.24. The van der Waals surface area contributed by atoms with E-state index in [-0.39, 0.29) is 6.61 Å². The topological polar surface area (TPSA) is 74.4 Å². The van der Waals surface area contributed by atoms with Gasteiger partial charge in [0.05, 0.1) is 6.61 Å². The van der Waals surface area contributed by atoms with Gasteiger partial charge in [-0.3, -0.25) is 4.98 Å². The Kier molecular flexibility index (Phi) is 5.22. The van der Waals surface area contributed by atoms with E-state index in [4.69, 9.17) is 5.73 Å². The first-order valence-corrected chi connectivity index (χ1v) is 5.73. The van der Waals surface area contributed by atoms with Gasteiger partial charge in [-0.1, -0.05) is 0 Å². The minimum atomic E-state index is -5.32. The van der Waals surface area contributed by atoms with Crippen molar-refractivity contribution in [3.05, 3.63) is 23.0 Å². The van der Waals surface area contributed by atoms with Crippen LogP contribution in [-0.4, -0.2) is 23.9 Å². The molecule has 0 aliphatic rings. The second kappa shape index (κ2) is 6.38. The van der Waals surface area contributed by atoms with Gasteiger partial charge in [-0.05, 0) is 6.92 Å². The lowest BCUT2D eigenvalue weighted by atomic mass is 10.1. The van der Waals surface area contributed by atoms with Crippen LogP contribution < -0.4 is 10.5 Å². The maximum absolute atomic E-state index is 12.8. The van der Waals surface area contributed by atoms with Crippen LogP contribution in [0.15, 0.2) is 6.20 Å². The van der Waals surface area contributed by atoms with Gasteiger partial charge >= 0.3 is 18.5 Å². The predicted molar refractivity (Wildman–Crippen MR) is 59.8 cm³/mol. The molecule has 1 aromatic rings. The summed E-state index contributed by atoms with van der Waals surface area (Å²) < 4.78 is 83.5. The van der Waals surface area contributed by atoms with Gasteiger partial charge in [0, 0.05) is 18.3 Å². The van der Waals surface area contributed by atoms with Gasteiger partial charge in [0.2, 0.25) is 0 Å². The summed E-state index contributed by atoms with van der Waals surface area (Å²) in [6.07, 6.45) is -10.1. The van der Waals surface area contributed by atoms with E-state index in [2.05, 4.69) is 14.5 Å².